The number of carbonyl (C=O) groups is 2. The van der Waals surface area contributed by atoms with Gasteiger partial charge >= 0.3 is 6.09 Å². The smallest absolute Gasteiger partial charge is 0.407 e. The maximum Gasteiger partial charge on any atom is 0.407 e. The maximum absolute atomic E-state index is 13.1. The first kappa shape index (κ1) is 30.5. The third kappa shape index (κ3) is 8.07. The Hall–Kier alpha value is -3.44. The second kappa shape index (κ2) is 14.5. The molecule has 4 rings (SSSR count). The average molecular weight is 570 g/mol. The number of morpholine rings is 1. The first-order chi connectivity index (χ1) is 19.8. The van der Waals surface area contributed by atoms with Gasteiger partial charge in [-0.2, -0.15) is 4.98 Å². The van der Waals surface area contributed by atoms with Gasteiger partial charge < -0.3 is 34.8 Å². The molecular formula is C30H43N5O6. The number of aliphatic hydroxyl groups excluding tert-OH is 1. The molecule has 3 N–H and O–H groups in total. The van der Waals surface area contributed by atoms with Gasteiger partial charge in [0.2, 0.25) is 11.8 Å². The topological polar surface area (TPSA) is 137 Å². The zero-order valence-electron chi connectivity index (χ0n) is 24.1. The van der Waals surface area contributed by atoms with Gasteiger partial charge in [0.05, 0.1) is 31.9 Å². The van der Waals surface area contributed by atoms with Gasteiger partial charge in [0.1, 0.15) is 0 Å². The van der Waals surface area contributed by atoms with Gasteiger partial charge in [-0.05, 0) is 31.7 Å². The average Bonchev–Trinajstić information content (AvgIpc) is 2.98. The quantitative estimate of drug-likeness (QED) is 0.311. The van der Waals surface area contributed by atoms with Crippen molar-refractivity contribution in [3.8, 4) is 5.88 Å². The van der Waals surface area contributed by atoms with Gasteiger partial charge in [-0.25, -0.2) is 9.78 Å². The molecule has 3 atom stereocenters. The lowest BCUT2D eigenvalue weighted by molar-refractivity contribution is -0.134. The number of benzene rings is 1. The van der Waals surface area contributed by atoms with Crippen LogP contribution >= 0.6 is 0 Å². The van der Waals surface area contributed by atoms with Crippen LogP contribution < -0.4 is 15.0 Å². The lowest BCUT2D eigenvalue weighted by atomic mass is 9.68. The second-order valence-electron chi connectivity index (χ2n) is 11.1. The summed E-state index contributed by atoms with van der Waals surface area (Å²) in [5, 5.41) is 24.3. The Labute approximate surface area is 241 Å². The molecule has 1 aromatic carbocycles. The molecule has 1 saturated heterocycles. The zero-order valence-corrected chi connectivity index (χ0v) is 24.1. The predicted molar refractivity (Wildman–Crippen MR) is 154 cm³/mol. The third-order valence-corrected chi connectivity index (χ3v) is 8.15. The van der Waals surface area contributed by atoms with E-state index in [2.05, 4.69) is 15.3 Å². The molecule has 2 heterocycles. The van der Waals surface area contributed by atoms with Crippen molar-refractivity contribution < 1.29 is 29.3 Å². The molecule has 1 saturated carbocycles. The molecule has 0 spiro atoms. The summed E-state index contributed by atoms with van der Waals surface area (Å²) in [5.41, 5.74) is 0.473. The number of hydrogen-bond acceptors (Lipinski definition) is 8. The highest BCUT2D eigenvalue weighted by Crippen LogP contribution is 2.43. The first-order valence-corrected chi connectivity index (χ1v) is 14.6. The Morgan fingerprint density at radius 2 is 1.93 bits per heavy atom. The van der Waals surface area contributed by atoms with Crippen LogP contribution in [0.1, 0.15) is 64.0 Å². The van der Waals surface area contributed by atoms with E-state index in [9.17, 15) is 19.8 Å². The van der Waals surface area contributed by atoms with Crippen LogP contribution in [0, 0.1) is 5.41 Å². The summed E-state index contributed by atoms with van der Waals surface area (Å²) < 4.78 is 11.5. The molecule has 11 heteroatoms. The Kier molecular flexibility index (Phi) is 10.8. The van der Waals surface area contributed by atoms with Gasteiger partial charge in [-0.15, -0.1) is 0 Å². The van der Waals surface area contributed by atoms with Crippen LogP contribution in [0.2, 0.25) is 0 Å². The molecule has 41 heavy (non-hydrogen) atoms. The van der Waals surface area contributed by atoms with E-state index < -0.39 is 29.6 Å². The Bertz CT molecular complexity index is 1130. The maximum atomic E-state index is 13.1. The number of amides is 2. The van der Waals surface area contributed by atoms with Crippen molar-refractivity contribution in [3.05, 3.63) is 48.2 Å². The Balaban J connectivity index is 1.44. The molecule has 2 aliphatic rings. The van der Waals surface area contributed by atoms with Crippen LogP contribution in [0.25, 0.3) is 0 Å². The summed E-state index contributed by atoms with van der Waals surface area (Å²) in [4.78, 5) is 38.0. The molecule has 224 valence electrons. The van der Waals surface area contributed by atoms with Gasteiger partial charge in [0.25, 0.3) is 5.91 Å². The zero-order chi connectivity index (χ0) is 29.2. The van der Waals surface area contributed by atoms with E-state index in [1.165, 1.54) is 4.90 Å². The van der Waals surface area contributed by atoms with Gasteiger partial charge in [-0.1, -0.05) is 56.5 Å². The monoisotopic (exact) mass is 569 g/mol. The first-order valence-electron chi connectivity index (χ1n) is 14.6. The van der Waals surface area contributed by atoms with E-state index in [0.717, 1.165) is 31.2 Å². The van der Waals surface area contributed by atoms with E-state index in [0.29, 0.717) is 51.0 Å². The highest BCUT2D eigenvalue weighted by atomic mass is 16.5. The van der Waals surface area contributed by atoms with Crippen molar-refractivity contribution in [1.82, 2.24) is 20.2 Å². The van der Waals surface area contributed by atoms with Crippen LogP contribution in [0.5, 0.6) is 5.88 Å². The number of rotatable bonds is 14. The summed E-state index contributed by atoms with van der Waals surface area (Å²) in [7, 11) is 0. The highest BCUT2D eigenvalue weighted by Gasteiger charge is 2.44. The number of unbranched alkanes of at least 4 members (excludes halogenated alkanes) is 1. The Morgan fingerprint density at radius 3 is 2.56 bits per heavy atom. The van der Waals surface area contributed by atoms with Gasteiger partial charge in [0, 0.05) is 37.3 Å². The normalized spacial score (nSPS) is 18.5. The molecule has 2 amide bonds. The van der Waals surface area contributed by atoms with Crippen LogP contribution in [-0.2, 0) is 9.53 Å². The molecule has 1 aliphatic carbocycles. The lowest BCUT2D eigenvalue weighted by Crippen LogP contribution is -2.57. The SMILES string of the molecule is CCCC[C@@H](C(O)C(=O)N[C@H](C)c1ccccc1)N(CC1(COc2ccnc(N3CCOCC3)n2)CCC1)C(=O)O. The molecular weight excluding hydrogens is 526 g/mol. The number of hydrogen-bond donors (Lipinski definition) is 3. The van der Waals surface area contributed by atoms with Crippen LogP contribution in [0.3, 0.4) is 0 Å². The minimum Gasteiger partial charge on any atom is -0.477 e. The van der Waals surface area contributed by atoms with E-state index in [1.54, 1.807) is 12.3 Å². The van der Waals surface area contributed by atoms with E-state index in [-0.39, 0.29) is 19.2 Å². The number of nitrogens with one attached hydrogen (secondary N) is 1. The van der Waals surface area contributed by atoms with Crippen molar-refractivity contribution in [2.45, 2.75) is 70.6 Å². The molecule has 2 aromatic rings. The third-order valence-electron chi connectivity index (χ3n) is 8.15. The molecule has 1 aromatic heterocycles. The van der Waals surface area contributed by atoms with Crippen molar-refractivity contribution >= 4 is 17.9 Å². The van der Waals surface area contributed by atoms with Gasteiger partial charge in [-0.3, -0.25) is 4.79 Å². The fraction of sp³-hybridized carbons (Fsp3) is 0.600. The molecule has 0 bridgehead atoms. The number of aliphatic hydroxyl groups is 1. The van der Waals surface area contributed by atoms with Crippen LogP contribution in [0.4, 0.5) is 10.7 Å². The molecule has 0 radical (unpaired) electrons. The summed E-state index contributed by atoms with van der Waals surface area (Å²) in [6.07, 6.45) is 3.40. The minimum absolute atomic E-state index is 0.163. The van der Waals surface area contributed by atoms with E-state index in [4.69, 9.17) is 9.47 Å². The van der Waals surface area contributed by atoms with E-state index >= 15 is 0 Å². The predicted octanol–water partition coefficient (Wildman–Crippen LogP) is 3.64. The number of carboxylic acid groups (broad SMARTS) is 1. The molecule has 1 unspecified atom stereocenters. The summed E-state index contributed by atoms with van der Waals surface area (Å²) in [6, 6.07) is 9.97. The number of carbonyl (C=O) groups excluding carboxylic acids is 1. The molecule has 11 nitrogen and oxygen atoms in total. The van der Waals surface area contributed by atoms with E-state index in [1.807, 2.05) is 49.1 Å². The second-order valence-corrected chi connectivity index (χ2v) is 11.1. The van der Waals surface area contributed by atoms with Crippen molar-refractivity contribution in [2.75, 3.05) is 44.4 Å². The number of nitrogens with zero attached hydrogens (tertiary/aromatic N) is 4. The largest absolute Gasteiger partial charge is 0.477 e. The van der Waals surface area contributed by atoms with Crippen molar-refractivity contribution in [3.63, 3.8) is 0 Å². The molecule has 1 aliphatic heterocycles. The fourth-order valence-electron chi connectivity index (χ4n) is 5.46. The van der Waals surface area contributed by atoms with Crippen LogP contribution in [-0.4, -0.2) is 88.7 Å². The Morgan fingerprint density at radius 1 is 1.20 bits per heavy atom. The van der Waals surface area contributed by atoms with Gasteiger partial charge in [0.15, 0.2) is 6.10 Å². The summed E-state index contributed by atoms with van der Waals surface area (Å²) in [6.45, 7) is 6.95. The molecule has 2 fully saturated rings. The number of ether oxygens (including phenoxy) is 2. The number of anilines is 1. The highest BCUT2D eigenvalue weighted by molar-refractivity contribution is 5.82. The minimum atomic E-state index is -1.50. The fourth-order valence-corrected chi connectivity index (χ4v) is 5.46. The van der Waals surface area contributed by atoms with Crippen molar-refractivity contribution in [1.29, 1.82) is 0 Å². The lowest BCUT2D eigenvalue weighted by Gasteiger charge is -2.46. The summed E-state index contributed by atoms with van der Waals surface area (Å²) >= 11 is 0. The summed E-state index contributed by atoms with van der Waals surface area (Å²) in [5.74, 6) is 0.440. The standard InChI is InChI=1S/C30H43N5O6/c1-3-4-11-24(26(36)27(37)32-22(2)23-9-6-5-7-10-23)35(29(38)39)20-30(13-8-14-30)21-41-25-12-15-31-28(33-25)34-16-18-40-19-17-34/h5-7,9-10,12,15,22,24,26,36H,3-4,8,11,13-14,16-21H2,1-2H3,(H,32,37)(H,38,39)/t22-,24+,26?/m1/s1. The van der Waals surface area contributed by atoms with Crippen molar-refractivity contribution in [2.24, 2.45) is 5.41 Å². The van der Waals surface area contributed by atoms with Crippen LogP contribution in [0.15, 0.2) is 42.6 Å². The number of aromatic nitrogens is 2.